The van der Waals surface area contributed by atoms with E-state index in [4.69, 9.17) is 4.74 Å². The maximum atomic E-state index is 13.1. The fraction of sp³-hybridized carbons (Fsp3) is 0.125. The van der Waals surface area contributed by atoms with Crippen LogP contribution >= 0.6 is 15.9 Å². The zero-order chi connectivity index (χ0) is 17.3. The normalized spacial score (nSPS) is 10.8. The van der Waals surface area contributed by atoms with Crippen LogP contribution in [0.5, 0.6) is 0 Å². The Hall–Kier alpha value is -2.61. The largest absolute Gasteiger partial charge is 0.461 e. The Kier molecular flexibility index (Phi) is 4.39. The van der Waals surface area contributed by atoms with Crippen LogP contribution in [0.4, 0.5) is 4.39 Å². The summed E-state index contributed by atoms with van der Waals surface area (Å²) in [4.78, 5) is 28.3. The molecule has 6 nitrogen and oxygen atoms in total. The van der Waals surface area contributed by atoms with Crippen molar-refractivity contribution in [3.8, 4) is 5.69 Å². The van der Waals surface area contributed by atoms with E-state index in [2.05, 4.69) is 26.0 Å². The third kappa shape index (κ3) is 2.80. The lowest BCUT2D eigenvalue weighted by molar-refractivity contribution is 0.0516. The average Bonchev–Trinajstić information content (AvgIpc) is 2.56. The number of carbonyl (C=O) groups excluding carboxylic acids is 1. The quantitative estimate of drug-likeness (QED) is 0.506. The highest BCUT2D eigenvalue weighted by molar-refractivity contribution is 9.10. The van der Waals surface area contributed by atoms with Gasteiger partial charge in [-0.3, -0.25) is 4.79 Å². The molecule has 0 bridgehead atoms. The Morgan fingerprint density at radius 1 is 1.33 bits per heavy atom. The van der Waals surface area contributed by atoms with E-state index in [1.165, 1.54) is 23.0 Å². The number of aromatic nitrogens is 3. The first-order chi connectivity index (χ1) is 11.5. The average molecular weight is 392 g/mol. The minimum Gasteiger partial charge on any atom is -0.461 e. The number of carbonyl (C=O) groups is 1. The summed E-state index contributed by atoms with van der Waals surface area (Å²) in [5.74, 6) is -1.46. The minimum atomic E-state index is -0.816. The highest BCUT2D eigenvalue weighted by atomic mass is 79.9. The van der Waals surface area contributed by atoms with Gasteiger partial charge in [0.25, 0.3) is 0 Å². The van der Waals surface area contributed by atoms with Gasteiger partial charge in [-0.1, -0.05) is 6.07 Å². The Labute approximate surface area is 144 Å². The Bertz CT molecular complexity index is 986. The van der Waals surface area contributed by atoms with Crippen LogP contribution in [0.2, 0.25) is 0 Å². The number of hydrogen-bond acceptors (Lipinski definition) is 5. The topological polar surface area (TPSA) is 74.1 Å². The van der Waals surface area contributed by atoms with E-state index in [1.807, 2.05) is 0 Å². The van der Waals surface area contributed by atoms with Gasteiger partial charge in [-0.15, -0.1) is 0 Å². The van der Waals surface area contributed by atoms with Crippen LogP contribution in [-0.2, 0) is 4.74 Å². The Morgan fingerprint density at radius 2 is 2.12 bits per heavy atom. The number of halogens is 2. The molecule has 2 aromatic heterocycles. The molecule has 0 spiro atoms. The van der Waals surface area contributed by atoms with Crippen LogP contribution in [0.1, 0.15) is 17.4 Å². The van der Waals surface area contributed by atoms with Crippen molar-refractivity contribution in [2.45, 2.75) is 6.92 Å². The summed E-state index contributed by atoms with van der Waals surface area (Å²) < 4.78 is 19.9. The highest BCUT2D eigenvalue weighted by Crippen LogP contribution is 2.22. The van der Waals surface area contributed by atoms with E-state index in [1.54, 1.807) is 25.1 Å². The molecule has 0 aliphatic rings. The van der Waals surface area contributed by atoms with Gasteiger partial charge in [-0.2, -0.15) is 9.49 Å². The van der Waals surface area contributed by atoms with Crippen molar-refractivity contribution in [2.24, 2.45) is 0 Å². The van der Waals surface area contributed by atoms with E-state index in [0.29, 0.717) is 15.7 Å². The van der Waals surface area contributed by atoms with Gasteiger partial charge in [0.05, 0.1) is 29.4 Å². The first-order valence-electron chi connectivity index (χ1n) is 7.03. The van der Waals surface area contributed by atoms with Gasteiger partial charge < -0.3 is 4.74 Å². The molecule has 0 aliphatic carbocycles. The predicted octanol–water partition coefficient (Wildman–Crippen LogP) is 2.86. The van der Waals surface area contributed by atoms with Crippen molar-refractivity contribution in [3.63, 3.8) is 0 Å². The predicted molar refractivity (Wildman–Crippen MR) is 88.7 cm³/mol. The molecule has 0 radical (unpaired) electrons. The van der Waals surface area contributed by atoms with Crippen molar-refractivity contribution in [1.82, 2.24) is 14.8 Å². The zero-order valence-electron chi connectivity index (χ0n) is 12.5. The van der Waals surface area contributed by atoms with Crippen LogP contribution in [-0.4, -0.2) is 27.3 Å². The molecule has 122 valence electrons. The van der Waals surface area contributed by atoms with Gasteiger partial charge in [0, 0.05) is 4.47 Å². The number of pyridine rings is 1. The maximum Gasteiger partial charge on any atom is 0.362 e. The number of fused-ring (bicyclic) bond motifs is 1. The lowest BCUT2D eigenvalue weighted by atomic mass is 10.2. The van der Waals surface area contributed by atoms with Crippen molar-refractivity contribution in [1.29, 1.82) is 0 Å². The molecule has 3 rings (SSSR count). The monoisotopic (exact) mass is 391 g/mol. The standard InChI is InChI=1S/C16H11BrFN3O3/c1-2-24-16(23)14-15(22)13-10(17)4-3-5-11(13)21(20-14)9-6-7-12(18)19-8-9/h3-8H,2H2,1H3. The maximum absolute atomic E-state index is 13.1. The number of ether oxygens (including phenoxy) is 1. The van der Waals surface area contributed by atoms with E-state index in [0.717, 1.165) is 0 Å². The van der Waals surface area contributed by atoms with Crippen molar-refractivity contribution < 1.29 is 13.9 Å². The Morgan fingerprint density at radius 3 is 2.79 bits per heavy atom. The first-order valence-corrected chi connectivity index (χ1v) is 7.83. The van der Waals surface area contributed by atoms with Crippen LogP contribution < -0.4 is 5.43 Å². The second kappa shape index (κ2) is 6.48. The molecule has 0 saturated carbocycles. The fourth-order valence-corrected chi connectivity index (χ4v) is 2.79. The number of nitrogens with zero attached hydrogens (tertiary/aromatic N) is 3. The third-order valence-electron chi connectivity index (χ3n) is 3.29. The van der Waals surface area contributed by atoms with E-state index >= 15 is 0 Å². The first kappa shape index (κ1) is 16.3. The van der Waals surface area contributed by atoms with E-state index in [-0.39, 0.29) is 17.7 Å². The Balaban J connectivity index is 2.37. The summed E-state index contributed by atoms with van der Waals surface area (Å²) in [6, 6.07) is 7.71. The summed E-state index contributed by atoms with van der Waals surface area (Å²) in [5, 5.41) is 4.38. The number of esters is 1. The van der Waals surface area contributed by atoms with Gasteiger partial charge in [0.1, 0.15) is 0 Å². The van der Waals surface area contributed by atoms with Crippen molar-refractivity contribution in [2.75, 3.05) is 6.61 Å². The zero-order valence-corrected chi connectivity index (χ0v) is 14.1. The molecule has 0 atom stereocenters. The number of benzene rings is 1. The summed E-state index contributed by atoms with van der Waals surface area (Å²) in [5.41, 5.74) is -0.0244. The van der Waals surface area contributed by atoms with Crippen LogP contribution in [0.25, 0.3) is 16.6 Å². The molecule has 3 aromatic rings. The summed E-state index contributed by atoms with van der Waals surface area (Å²) in [6.07, 6.45) is 1.27. The lowest BCUT2D eigenvalue weighted by Crippen LogP contribution is -2.24. The molecule has 1 aromatic carbocycles. The molecular formula is C16H11BrFN3O3. The van der Waals surface area contributed by atoms with Gasteiger partial charge in [-0.05, 0) is 47.1 Å². The molecule has 0 fully saturated rings. The van der Waals surface area contributed by atoms with Crippen molar-refractivity contribution in [3.05, 3.63) is 62.9 Å². The van der Waals surface area contributed by atoms with Gasteiger partial charge >= 0.3 is 5.97 Å². The summed E-state index contributed by atoms with van der Waals surface area (Å²) in [6.45, 7) is 1.75. The van der Waals surface area contributed by atoms with E-state index in [9.17, 15) is 14.0 Å². The SMILES string of the molecule is CCOC(=O)c1nn(-c2ccc(F)nc2)c2cccc(Br)c2c1=O. The minimum absolute atomic E-state index is 0.117. The lowest BCUT2D eigenvalue weighted by Gasteiger charge is -2.12. The van der Waals surface area contributed by atoms with Crippen molar-refractivity contribution >= 4 is 32.8 Å². The fourth-order valence-electron chi connectivity index (χ4n) is 2.25. The number of rotatable bonds is 3. The summed E-state index contributed by atoms with van der Waals surface area (Å²) in [7, 11) is 0. The molecule has 24 heavy (non-hydrogen) atoms. The second-order valence-corrected chi connectivity index (χ2v) is 5.64. The molecule has 8 heteroatoms. The second-order valence-electron chi connectivity index (χ2n) is 4.78. The molecule has 0 unspecified atom stereocenters. The molecule has 0 amide bonds. The molecule has 0 saturated heterocycles. The van der Waals surface area contributed by atoms with Gasteiger partial charge in [-0.25, -0.2) is 14.5 Å². The molecule has 0 N–H and O–H groups in total. The smallest absolute Gasteiger partial charge is 0.362 e. The summed E-state index contributed by atoms with van der Waals surface area (Å²) >= 11 is 3.32. The molecular weight excluding hydrogens is 381 g/mol. The molecule has 2 heterocycles. The van der Waals surface area contributed by atoms with Gasteiger partial charge in [0.15, 0.2) is 0 Å². The van der Waals surface area contributed by atoms with Crippen LogP contribution in [0.15, 0.2) is 45.8 Å². The molecule has 0 aliphatic heterocycles. The van der Waals surface area contributed by atoms with Gasteiger partial charge in [0.2, 0.25) is 17.1 Å². The van der Waals surface area contributed by atoms with Crippen LogP contribution in [0.3, 0.4) is 0 Å². The highest BCUT2D eigenvalue weighted by Gasteiger charge is 2.20. The number of hydrogen-bond donors (Lipinski definition) is 0. The van der Waals surface area contributed by atoms with E-state index < -0.39 is 17.3 Å². The third-order valence-corrected chi connectivity index (χ3v) is 3.95. The van der Waals surface area contributed by atoms with Crippen LogP contribution in [0, 0.1) is 5.95 Å².